The third-order valence-corrected chi connectivity index (χ3v) is 3.32. The molecule has 2 rings (SSSR count). The van der Waals surface area contributed by atoms with Crippen LogP contribution in [0.5, 0.6) is 0 Å². The summed E-state index contributed by atoms with van der Waals surface area (Å²) in [6, 6.07) is 4.34. The molecule has 1 aromatic heterocycles. The number of carbonyl (C=O) groups excluding carboxylic acids is 1. The van der Waals surface area contributed by atoms with Gasteiger partial charge in [-0.25, -0.2) is 0 Å². The maximum Gasteiger partial charge on any atom is 0.220 e. The fourth-order valence-electron chi connectivity index (χ4n) is 2.10. The highest BCUT2D eigenvalue weighted by molar-refractivity contribution is 14.0. The molecule has 0 aromatic carbocycles. The minimum Gasteiger partial charge on any atom is -0.354 e. The lowest BCUT2D eigenvalue weighted by molar-refractivity contribution is -0.122. The van der Waals surface area contributed by atoms with Crippen molar-refractivity contribution < 1.29 is 4.79 Å². The summed E-state index contributed by atoms with van der Waals surface area (Å²) >= 11 is 0. The van der Waals surface area contributed by atoms with Gasteiger partial charge in [0, 0.05) is 45.0 Å². The van der Waals surface area contributed by atoms with Crippen molar-refractivity contribution in [2.24, 2.45) is 12.0 Å². The van der Waals surface area contributed by atoms with Crippen LogP contribution >= 0.6 is 24.0 Å². The molecule has 1 unspecified atom stereocenters. The van der Waals surface area contributed by atoms with Gasteiger partial charge in [0.25, 0.3) is 0 Å². The van der Waals surface area contributed by atoms with E-state index in [0.717, 1.165) is 18.9 Å². The number of aryl methyl sites for hydroxylation is 1. The lowest BCUT2D eigenvalue weighted by Gasteiger charge is -2.25. The molecule has 6 nitrogen and oxygen atoms in total. The number of amides is 1. The van der Waals surface area contributed by atoms with Crippen LogP contribution in [-0.4, -0.2) is 36.1 Å². The summed E-state index contributed by atoms with van der Waals surface area (Å²) in [6.45, 7) is 1.38. The van der Waals surface area contributed by atoms with Crippen molar-refractivity contribution in [1.82, 2.24) is 20.5 Å². The highest BCUT2D eigenvalue weighted by Gasteiger charge is 2.18. The van der Waals surface area contributed by atoms with Gasteiger partial charge in [-0.2, -0.15) is 0 Å². The van der Waals surface area contributed by atoms with E-state index in [2.05, 4.69) is 31.6 Å². The first-order valence-corrected chi connectivity index (χ1v) is 6.53. The third kappa shape index (κ3) is 4.69. The van der Waals surface area contributed by atoms with Gasteiger partial charge in [0.1, 0.15) is 0 Å². The Morgan fingerprint density at radius 1 is 1.60 bits per heavy atom. The number of rotatable bonds is 3. The van der Waals surface area contributed by atoms with Gasteiger partial charge < -0.3 is 20.5 Å². The van der Waals surface area contributed by atoms with Gasteiger partial charge in [0.05, 0.1) is 6.54 Å². The number of nitrogens with zero attached hydrogens (tertiary/aromatic N) is 2. The summed E-state index contributed by atoms with van der Waals surface area (Å²) < 4.78 is 2.07. The van der Waals surface area contributed by atoms with Gasteiger partial charge in [-0.05, 0) is 18.6 Å². The molecular formula is C13H22IN5O. The fraction of sp³-hybridized carbons (Fsp3) is 0.538. The van der Waals surface area contributed by atoms with E-state index in [9.17, 15) is 4.79 Å². The summed E-state index contributed by atoms with van der Waals surface area (Å²) in [5.74, 6) is 0.896. The van der Waals surface area contributed by atoms with Crippen molar-refractivity contribution >= 4 is 35.8 Å². The summed E-state index contributed by atoms with van der Waals surface area (Å²) in [5.41, 5.74) is 1.19. The smallest absolute Gasteiger partial charge is 0.220 e. The molecule has 1 saturated heterocycles. The van der Waals surface area contributed by atoms with Crippen LogP contribution < -0.4 is 16.0 Å². The summed E-state index contributed by atoms with van der Waals surface area (Å²) in [5, 5.41) is 9.45. The number of guanidine groups is 1. The van der Waals surface area contributed by atoms with E-state index in [4.69, 9.17) is 0 Å². The molecule has 0 radical (unpaired) electrons. The molecular weight excluding hydrogens is 369 g/mol. The highest BCUT2D eigenvalue weighted by atomic mass is 127. The van der Waals surface area contributed by atoms with Gasteiger partial charge in [-0.3, -0.25) is 9.79 Å². The number of piperidine rings is 1. The molecule has 3 N–H and O–H groups in total. The lowest BCUT2D eigenvalue weighted by atomic mass is 10.1. The van der Waals surface area contributed by atoms with E-state index in [1.807, 2.05) is 19.3 Å². The van der Waals surface area contributed by atoms with Crippen LogP contribution in [0.3, 0.4) is 0 Å². The van der Waals surface area contributed by atoms with Crippen LogP contribution in [0, 0.1) is 0 Å². The summed E-state index contributed by atoms with van der Waals surface area (Å²) in [6.07, 6.45) is 3.44. The van der Waals surface area contributed by atoms with Crippen LogP contribution in [0.2, 0.25) is 0 Å². The van der Waals surface area contributed by atoms with Crippen molar-refractivity contribution in [1.29, 1.82) is 0 Å². The molecule has 2 heterocycles. The maximum absolute atomic E-state index is 11.1. The normalized spacial score (nSPS) is 19.0. The van der Waals surface area contributed by atoms with Crippen molar-refractivity contribution in [3.63, 3.8) is 0 Å². The molecule has 1 amide bonds. The number of hydrogen-bond donors (Lipinski definition) is 3. The molecule has 20 heavy (non-hydrogen) atoms. The van der Waals surface area contributed by atoms with Crippen LogP contribution in [0.1, 0.15) is 18.5 Å². The molecule has 0 bridgehead atoms. The lowest BCUT2D eigenvalue weighted by Crippen LogP contribution is -2.51. The van der Waals surface area contributed by atoms with Crippen molar-refractivity contribution in [3.05, 3.63) is 24.0 Å². The Morgan fingerprint density at radius 2 is 2.40 bits per heavy atom. The fourth-order valence-corrected chi connectivity index (χ4v) is 2.10. The first-order valence-electron chi connectivity index (χ1n) is 6.53. The Labute approximate surface area is 136 Å². The van der Waals surface area contributed by atoms with Gasteiger partial charge >= 0.3 is 0 Å². The van der Waals surface area contributed by atoms with E-state index in [0.29, 0.717) is 13.0 Å². The molecule has 0 aliphatic carbocycles. The first kappa shape index (κ1) is 16.8. The predicted molar refractivity (Wildman–Crippen MR) is 90.2 cm³/mol. The zero-order valence-corrected chi connectivity index (χ0v) is 14.2. The number of hydrogen-bond acceptors (Lipinski definition) is 2. The van der Waals surface area contributed by atoms with Crippen molar-refractivity contribution in [2.75, 3.05) is 13.6 Å². The van der Waals surface area contributed by atoms with Gasteiger partial charge in [-0.1, -0.05) is 0 Å². The second kappa shape index (κ2) is 8.13. The number of carbonyl (C=O) groups is 1. The maximum atomic E-state index is 11.1. The second-order valence-corrected chi connectivity index (χ2v) is 4.72. The van der Waals surface area contributed by atoms with E-state index in [1.54, 1.807) is 7.05 Å². The molecule has 1 atom stereocenters. The van der Waals surface area contributed by atoms with Crippen molar-refractivity contribution in [2.45, 2.75) is 25.4 Å². The molecule has 112 valence electrons. The SMILES string of the molecule is CN=C(NCc1cccn1C)NC1CCC(=O)NC1.I. The Hall–Kier alpha value is -1.25. The van der Waals surface area contributed by atoms with Gasteiger partial charge in [-0.15, -0.1) is 24.0 Å². The number of halogens is 1. The average molecular weight is 391 g/mol. The largest absolute Gasteiger partial charge is 0.354 e. The molecule has 7 heteroatoms. The highest BCUT2D eigenvalue weighted by Crippen LogP contribution is 2.03. The van der Waals surface area contributed by atoms with E-state index < -0.39 is 0 Å². The second-order valence-electron chi connectivity index (χ2n) is 4.72. The zero-order chi connectivity index (χ0) is 13.7. The number of aliphatic imine (C=N–C) groups is 1. The monoisotopic (exact) mass is 391 g/mol. The predicted octanol–water partition coefficient (Wildman–Crippen LogP) is 0.587. The number of aromatic nitrogens is 1. The van der Waals surface area contributed by atoms with Crippen LogP contribution in [0.15, 0.2) is 23.3 Å². The number of nitrogens with one attached hydrogen (secondary N) is 3. The van der Waals surface area contributed by atoms with Crippen LogP contribution in [-0.2, 0) is 18.4 Å². The minimum absolute atomic E-state index is 0. The Morgan fingerprint density at radius 3 is 2.95 bits per heavy atom. The van der Waals surface area contributed by atoms with Gasteiger partial charge in [0.15, 0.2) is 5.96 Å². The average Bonchev–Trinajstić information content (AvgIpc) is 2.82. The quantitative estimate of drug-likeness (QED) is 0.401. The molecule has 1 fully saturated rings. The standard InChI is InChI=1S/C13H21N5O.HI/c1-14-13(16-9-11-4-3-7-18(11)2)17-10-5-6-12(19)15-8-10;/h3-4,7,10H,5-6,8-9H2,1-2H3,(H,15,19)(H2,14,16,17);1H. The Balaban J connectivity index is 0.00000200. The van der Waals surface area contributed by atoms with Crippen molar-refractivity contribution in [3.8, 4) is 0 Å². The molecule has 1 aliphatic heterocycles. The van der Waals surface area contributed by atoms with E-state index in [-0.39, 0.29) is 35.9 Å². The Kier molecular flexibility index (Phi) is 6.83. The van der Waals surface area contributed by atoms with Crippen LogP contribution in [0.25, 0.3) is 0 Å². The zero-order valence-electron chi connectivity index (χ0n) is 11.8. The van der Waals surface area contributed by atoms with Gasteiger partial charge in [0.2, 0.25) is 5.91 Å². The topological polar surface area (TPSA) is 70.5 Å². The molecule has 1 aromatic rings. The molecule has 1 aliphatic rings. The summed E-state index contributed by atoms with van der Waals surface area (Å²) in [7, 11) is 3.77. The summed E-state index contributed by atoms with van der Waals surface area (Å²) in [4.78, 5) is 15.3. The molecule has 0 spiro atoms. The van der Waals surface area contributed by atoms with Crippen LogP contribution in [0.4, 0.5) is 0 Å². The Bertz CT molecular complexity index is 461. The minimum atomic E-state index is 0. The first-order chi connectivity index (χ1) is 9.19. The van der Waals surface area contributed by atoms with E-state index >= 15 is 0 Å². The van der Waals surface area contributed by atoms with E-state index in [1.165, 1.54) is 5.69 Å². The third-order valence-electron chi connectivity index (χ3n) is 3.32. The molecule has 0 saturated carbocycles.